The summed E-state index contributed by atoms with van der Waals surface area (Å²) in [5, 5.41) is 11.9. The second-order valence-electron chi connectivity index (χ2n) is 10.3. The number of benzene rings is 3. The Hall–Kier alpha value is -4.24. The smallest absolute Gasteiger partial charge is 0.255 e. The van der Waals surface area contributed by atoms with Gasteiger partial charge in [-0.2, -0.15) is 4.98 Å². The zero-order chi connectivity index (χ0) is 29.6. The topological polar surface area (TPSA) is 90.3 Å². The molecule has 5 rings (SSSR count). The minimum Gasteiger partial charge on any atom is -0.490 e. The van der Waals surface area contributed by atoms with Gasteiger partial charge in [-0.3, -0.25) is 4.79 Å². The van der Waals surface area contributed by atoms with Crippen molar-refractivity contribution < 1.29 is 14.3 Å². The first kappa shape index (κ1) is 29.3. The number of hydrogen-bond acceptors (Lipinski definition) is 7. The molecule has 9 heteroatoms. The van der Waals surface area contributed by atoms with Crippen molar-refractivity contribution in [3.8, 4) is 11.5 Å². The molecule has 1 unspecified atom stereocenters. The number of thioether (sulfide) groups is 1. The first-order chi connectivity index (χ1) is 20.4. The van der Waals surface area contributed by atoms with E-state index < -0.39 is 6.04 Å². The minimum atomic E-state index is -0.527. The lowest BCUT2D eigenvalue weighted by atomic mass is 9.94. The lowest BCUT2D eigenvalue weighted by Gasteiger charge is -2.29. The van der Waals surface area contributed by atoms with Crippen LogP contribution in [0.15, 0.2) is 83.2 Å². The van der Waals surface area contributed by atoms with Crippen molar-refractivity contribution in [3.05, 3.63) is 100 Å². The van der Waals surface area contributed by atoms with Crippen LogP contribution in [0.2, 0.25) is 0 Å². The maximum atomic E-state index is 13.9. The number of fused-ring (bicyclic) bond motifs is 1. The Bertz CT molecular complexity index is 1580. The predicted molar refractivity (Wildman–Crippen MR) is 168 cm³/mol. The summed E-state index contributed by atoms with van der Waals surface area (Å²) in [4.78, 5) is 18.6. The van der Waals surface area contributed by atoms with Crippen LogP contribution in [0.5, 0.6) is 11.5 Å². The molecule has 0 radical (unpaired) electrons. The van der Waals surface area contributed by atoms with Crippen LogP contribution in [-0.4, -0.2) is 33.0 Å². The number of carbonyl (C=O) groups excluding carboxylic acids is 1. The summed E-state index contributed by atoms with van der Waals surface area (Å²) >= 11 is 1.60. The van der Waals surface area contributed by atoms with E-state index in [0.29, 0.717) is 47.1 Å². The first-order valence-corrected chi connectivity index (χ1v) is 15.2. The number of aromatic nitrogens is 3. The van der Waals surface area contributed by atoms with Gasteiger partial charge in [0.1, 0.15) is 12.6 Å². The molecule has 0 bridgehead atoms. The lowest BCUT2D eigenvalue weighted by Crippen LogP contribution is -2.31. The van der Waals surface area contributed by atoms with Gasteiger partial charge in [-0.15, -0.1) is 5.10 Å². The number of ether oxygens (including phenoxy) is 2. The van der Waals surface area contributed by atoms with Crippen molar-refractivity contribution >= 4 is 29.3 Å². The number of nitrogens with zero attached hydrogens (tertiary/aromatic N) is 3. The van der Waals surface area contributed by atoms with Gasteiger partial charge in [-0.05, 0) is 69.5 Å². The van der Waals surface area contributed by atoms with E-state index in [4.69, 9.17) is 19.6 Å². The SMILES string of the molecule is CCCSc1nc2n(n1)C(c1ccc(OCc3ccc(C)cc3)c(OCC)c1)C(C(=O)Nc1ccc(C)cc1)=C(C)N2. The third kappa shape index (κ3) is 6.62. The van der Waals surface area contributed by atoms with Crippen molar-refractivity contribution in [2.24, 2.45) is 0 Å². The van der Waals surface area contributed by atoms with Gasteiger partial charge in [0.25, 0.3) is 5.91 Å². The van der Waals surface area contributed by atoms with Crippen molar-refractivity contribution in [1.82, 2.24) is 14.8 Å². The van der Waals surface area contributed by atoms with Crippen LogP contribution >= 0.6 is 11.8 Å². The van der Waals surface area contributed by atoms with Crippen LogP contribution in [-0.2, 0) is 11.4 Å². The van der Waals surface area contributed by atoms with Crippen LogP contribution in [0, 0.1) is 13.8 Å². The van der Waals surface area contributed by atoms with Crippen LogP contribution in [0.4, 0.5) is 11.6 Å². The zero-order valence-corrected chi connectivity index (χ0v) is 25.5. The zero-order valence-electron chi connectivity index (χ0n) is 24.7. The number of rotatable bonds is 11. The van der Waals surface area contributed by atoms with Gasteiger partial charge >= 0.3 is 0 Å². The van der Waals surface area contributed by atoms with E-state index >= 15 is 0 Å². The van der Waals surface area contributed by atoms with E-state index in [9.17, 15) is 4.79 Å². The normalized spacial score (nSPS) is 14.3. The summed E-state index contributed by atoms with van der Waals surface area (Å²) < 4.78 is 14.0. The Balaban J connectivity index is 1.51. The number of amides is 1. The number of anilines is 2. The molecule has 1 aliphatic rings. The summed E-state index contributed by atoms with van der Waals surface area (Å²) in [5.41, 5.74) is 6.23. The maximum absolute atomic E-state index is 13.9. The fourth-order valence-electron chi connectivity index (χ4n) is 4.75. The average Bonchev–Trinajstić information content (AvgIpc) is 3.39. The Morgan fingerprint density at radius 3 is 2.36 bits per heavy atom. The molecule has 8 nitrogen and oxygen atoms in total. The third-order valence-electron chi connectivity index (χ3n) is 6.92. The van der Waals surface area contributed by atoms with Gasteiger partial charge < -0.3 is 20.1 Å². The highest BCUT2D eigenvalue weighted by molar-refractivity contribution is 7.99. The third-order valence-corrected chi connectivity index (χ3v) is 7.96. The summed E-state index contributed by atoms with van der Waals surface area (Å²) in [6.45, 7) is 10.9. The number of carbonyl (C=O) groups is 1. The number of aryl methyl sites for hydroxylation is 2. The Kier molecular flexibility index (Phi) is 9.17. The van der Waals surface area contributed by atoms with Crippen LogP contribution < -0.4 is 20.1 Å². The average molecular weight is 584 g/mol. The lowest BCUT2D eigenvalue weighted by molar-refractivity contribution is -0.113. The molecule has 42 heavy (non-hydrogen) atoms. The summed E-state index contributed by atoms with van der Waals surface area (Å²) in [5.74, 6) is 2.54. The second-order valence-corrected chi connectivity index (χ2v) is 11.4. The van der Waals surface area contributed by atoms with Crippen molar-refractivity contribution in [2.45, 2.75) is 58.8 Å². The molecule has 2 heterocycles. The Labute approximate surface area is 251 Å². The molecule has 1 amide bonds. The molecule has 218 valence electrons. The minimum absolute atomic E-state index is 0.213. The van der Waals surface area contributed by atoms with Crippen LogP contribution in [0.3, 0.4) is 0 Å². The Morgan fingerprint density at radius 1 is 0.952 bits per heavy atom. The van der Waals surface area contributed by atoms with Gasteiger partial charge in [0.15, 0.2) is 11.5 Å². The fourth-order valence-corrected chi connectivity index (χ4v) is 5.43. The first-order valence-electron chi connectivity index (χ1n) is 14.3. The fraction of sp³-hybridized carbons (Fsp3) is 0.303. The number of hydrogen-bond donors (Lipinski definition) is 2. The molecule has 0 aliphatic carbocycles. The molecule has 0 saturated carbocycles. The standard InChI is InChI=1S/C33H37N5O3S/c1-6-18-42-33-36-32-34-23(5)29(31(39)35-26-15-10-22(4)11-16-26)30(38(32)37-33)25-14-17-27(28(19-25)40-7-2)41-20-24-12-8-21(3)9-13-24/h8-17,19,30H,6-7,18,20H2,1-5H3,(H,35,39)(H,34,36,37). The summed E-state index contributed by atoms with van der Waals surface area (Å²) in [6, 6.07) is 21.3. The van der Waals surface area contributed by atoms with Gasteiger partial charge in [0, 0.05) is 17.1 Å². The van der Waals surface area contributed by atoms with E-state index in [-0.39, 0.29) is 5.91 Å². The van der Waals surface area contributed by atoms with Crippen LogP contribution in [0.25, 0.3) is 0 Å². The molecule has 1 aromatic heterocycles. The quantitative estimate of drug-likeness (QED) is 0.179. The predicted octanol–water partition coefficient (Wildman–Crippen LogP) is 7.30. The monoisotopic (exact) mass is 583 g/mol. The molecular formula is C33H37N5O3S. The molecule has 0 fully saturated rings. The molecule has 2 N–H and O–H groups in total. The highest BCUT2D eigenvalue weighted by atomic mass is 32.2. The van der Waals surface area contributed by atoms with E-state index in [1.807, 2.05) is 63.2 Å². The van der Waals surface area contributed by atoms with E-state index in [1.165, 1.54) is 5.56 Å². The molecular weight excluding hydrogens is 546 g/mol. The van der Waals surface area contributed by atoms with Gasteiger partial charge in [-0.1, -0.05) is 72.3 Å². The van der Waals surface area contributed by atoms with E-state index in [0.717, 1.165) is 34.6 Å². The van der Waals surface area contributed by atoms with Gasteiger partial charge in [0.2, 0.25) is 11.1 Å². The molecule has 0 saturated heterocycles. The van der Waals surface area contributed by atoms with Crippen LogP contribution in [0.1, 0.15) is 55.5 Å². The molecule has 0 spiro atoms. The summed E-state index contributed by atoms with van der Waals surface area (Å²) in [6.07, 6.45) is 1.01. The molecule has 1 atom stereocenters. The van der Waals surface area contributed by atoms with Gasteiger partial charge in [0.05, 0.1) is 12.2 Å². The summed E-state index contributed by atoms with van der Waals surface area (Å²) in [7, 11) is 0. The van der Waals surface area contributed by atoms with E-state index in [1.54, 1.807) is 16.4 Å². The Morgan fingerprint density at radius 2 is 1.67 bits per heavy atom. The molecule has 4 aromatic rings. The van der Waals surface area contributed by atoms with Crippen molar-refractivity contribution in [1.29, 1.82) is 0 Å². The number of nitrogens with one attached hydrogen (secondary N) is 2. The molecule has 1 aliphatic heterocycles. The largest absolute Gasteiger partial charge is 0.490 e. The highest BCUT2D eigenvalue weighted by Crippen LogP contribution is 2.40. The molecule has 3 aromatic carbocycles. The second kappa shape index (κ2) is 13.2. The van der Waals surface area contributed by atoms with Crippen molar-refractivity contribution in [2.75, 3.05) is 23.0 Å². The highest BCUT2D eigenvalue weighted by Gasteiger charge is 2.35. The van der Waals surface area contributed by atoms with Gasteiger partial charge in [-0.25, -0.2) is 4.68 Å². The van der Waals surface area contributed by atoms with Crippen molar-refractivity contribution in [3.63, 3.8) is 0 Å². The van der Waals surface area contributed by atoms with E-state index in [2.05, 4.69) is 48.7 Å². The maximum Gasteiger partial charge on any atom is 0.255 e. The number of allylic oxidation sites excluding steroid dienone is 1.